The Hall–Kier alpha value is -2.84. The number of benzene rings is 2. The molecule has 0 amide bonds. The van der Waals surface area contributed by atoms with Crippen LogP contribution in [0.4, 0.5) is 11.4 Å². The zero-order valence-corrected chi connectivity index (χ0v) is 13.2. The van der Waals surface area contributed by atoms with E-state index in [1.165, 1.54) is 42.5 Å². The van der Waals surface area contributed by atoms with Crippen molar-refractivity contribution in [3.05, 3.63) is 79.9 Å². The lowest BCUT2D eigenvalue weighted by Gasteiger charge is -1.94. The van der Waals surface area contributed by atoms with Crippen molar-refractivity contribution in [1.29, 1.82) is 0 Å². The molecule has 2 rings (SSSR count). The summed E-state index contributed by atoms with van der Waals surface area (Å²) in [5.74, 6) is 0. The molecule has 0 aromatic heterocycles. The Balaban J connectivity index is 0.000000240. The summed E-state index contributed by atoms with van der Waals surface area (Å²) in [5, 5.41) is 19.0. The SMILES string of the molecule is O=C(Cl)c1cccc([N+](=O)[O-])c1.O=C(Cl)c1ccccc1[N+](=O)[O-]. The van der Waals surface area contributed by atoms with E-state index in [-0.39, 0.29) is 22.5 Å². The first kappa shape index (κ1) is 19.2. The molecule has 0 aliphatic carbocycles. The maximum absolute atomic E-state index is 10.6. The summed E-state index contributed by atoms with van der Waals surface area (Å²) in [6.45, 7) is 0. The molecule has 2 aromatic carbocycles. The summed E-state index contributed by atoms with van der Waals surface area (Å²) in [5.41, 5.74) is -0.353. The second-order valence-corrected chi connectivity index (χ2v) is 4.82. The zero-order chi connectivity index (χ0) is 18.3. The molecule has 0 aliphatic rings. The van der Waals surface area contributed by atoms with Gasteiger partial charge in [-0.25, -0.2) is 0 Å². The van der Waals surface area contributed by atoms with Crippen LogP contribution in [0.5, 0.6) is 0 Å². The first-order chi connectivity index (χ1) is 11.2. The predicted octanol–water partition coefficient (Wildman–Crippen LogP) is 3.95. The molecule has 0 saturated heterocycles. The van der Waals surface area contributed by atoms with Gasteiger partial charge >= 0.3 is 0 Å². The number of nitro groups is 2. The highest BCUT2D eigenvalue weighted by molar-refractivity contribution is 6.68. The van der Waals surface area contributed by atoms with Crippen LogP contribution < -0.4 is 0 Å². The van der Waals surface area contributed by atoms with E-state index in [9.17, 15) is 29.8 Å². The highest BCUT2D eigenvalue weighted by Gasteiger charge is 2.16. The van der Waals surface area contributed by atoms with Crippen LogP contribution in [0.3, 0.4) is 0 Å². The largest absolute Gasteiger partial charge is 0.281 e. The van der Waals surface area contributed by atoms with Crippen molar-refractivity contribution in [3.8, 4) is 0 Å². The van der Waals surface area contributed by atoms with Gasteiger partial charge in [0.1, 0.15) is 5.56 Å². The van der Waals surface area contributed by atoms with Crippen LogP contribution in [0.2, 0.25) is 0 Å². The van der Waals surface area contributed by atoms with Gasteiger partial charge in [0.05, 0.1) is 9.85 Å². The normalized spacial score (nSPS) is 9.42. The number of rotatable bonds is 4. The van der Waals surface area contributed by atoms with E-state index in [4.69, 9.17) is 23.2 Å². The van der Waals surface area contributed by atoms with Gasteiger partial charge in [-0.05, 0) is 35.3 Å². The van der Waals surface area contributed by atoms with Gasteiger partial charge in [-0.2, -0.15) is 0 Å². The number of nitro benzene ring substituents is 2. The topological polar surface area (TPSA) is 120 Å². The molecule has 0 atom stereocenters. The van der Waals surface area contributed by atoms with E-state index >= 15 is 0 Å². The first-order valence-corrected chi connectivity index (χ1v) is 6.87. The van der Waals surface area contributed by atoms with Crippen LogP contribution in [0.25, 0.3) is 0 Å². The molecule has 124 valence electrons. The predicted molar refractivity (Wildman–Crippen MR) is 86.6 cm³/mol. The first-order valence-electron chi connectivity index (χ1n) is 6.11. The number of hydrogen-bond donors (Lipinski definition) is 0. The van der Waals surface area contributed by atoms with E-state index in [1.54, 1.807) is 0 Å². The lowest BCUT2D eigenvalue weighted by atomic mass is 10.2. The van der Waals surface area contributed by atoms with Gasteiger partial charge in [-0.1, -0.05) is 18.2 Å². The van der Waals surface area contributed by atoms with Crippen LogP contribution in [0.15, 0.2) is 48.5 Å². The number of nitrogens with zero attached hydrogens (tertiary/aromatic N) is 2. The molecular weight excluding hydrogens is 363 g/mol. The number of halogens is 2. The summed E-state index contributed by atoms with van der Waals surface area (Å²) in [7, 11) is 0. The molecule has 0 bridgehead atoms. The molecule has 8 nitrogen and oxygen atoms in total. The number of carbonyl (C=O) groups is 2. The average Bonchev–Trinajstić information content (AvgIpc) is 2.55. The lowest BCUT2D eigenvalue weighted by Crippen LogP contribution is -1.97. The molecule has 2 aromatic rings. The van der Waals surface area contributed by atoms with Gasteiger partial charge < -0.3 is 0 Å². The van der Waals surface area contributed by atoms with Gasteiger partial charge in [0.25, 0.3) is 21.9 Å². The Labute approximate surface area is 144 Å². The number of carbonyl (C=O) groups excluding carboxylic acids is 2. The second-order valence-electron chi connectivity index (χ2n) is 4.13. The Bertz CT molecular complexity index is 747. The third kappa shape index (κ3) is 5.41. The molecule has 10 heteroatoms. The smallest absolute Gasteiger partial charge is 0.276 e. The van der Waals surface area contributed by atoms with E-state index in [0.29, 0.717) is 0 Å². The molecule has 0 N–H and O–H groups in total. The molecule has 0 spiro atoms. The Morgan fingerprint density at radius 2 is 1.46 bits per heavy atom. The Morgan fingerprint density at radius 3 is 1.92 bits per heavy atom. The van der Waals surface area contributed by atoms with Crippen molar-refractivity contribution in [2.45, 2.75) is 0 Å². The summed E-state index contributed by atoms with van der Waals surface area (Å²) in [6.07, 6.45) is 0. The highest BCUT2D eigenvalue weighted by atomic mass is 35.5. The van der Waals surface area contributed by atoms with Gasteiger partial charge in [0, 0.05) is 23.8 Å². The monoisotopic (exact) mass is 370 g/mol. The number of para-hydroxylation sites is 1. The van der Waals surface area contributed by atoms with Crippen molar-refractivity contribution in [3.63, 3.8) is 0 Å². The molecule has 0 aliphatic heterocycles. The maximum Gasteiger partial charge on any atom is 0.281 e. The van der Waals surface area contributed by atoms with E-state index in [1.807, 2.05) is 0 Å². The quantitative estimate of drug-likeness (QED) is 0.456. The van der Waals surface area contributed by atoms with E-state index < -0.39 is 20.3 Å². The summed E-state index contributed by atoms with van der Waals surface area (Å²) in [6, 6.07) is 10.8. The molecule has 24 heavy (non-hydrogen) atoms. The summed E-state index contributed by atoms with van der Waals surface area (Å²) < 4.78 is 0. The minimum Gasteiger partial charge on any atom is -0.276 e. The van der Waals surface area contributed by atoms with Gasteiger partial charge in [-0.3, -0.25) is 29.8 Å². The van der Waals surface area contributed by atoms with Crippen molar-refractivity contribution in [2.24, 2.45) is 0 Å². The fourth-order valence-corrected chi connectivity index (χ4v) is 1.82. The average molecular weight is 371 g/mol. The number of non-ortho nitro benzene ring substituents is 1. The van der Waals surface area contributed by atoms with E-state index in [2.05, 4.69) is 0 Å². The fourth-order valence-electron chi connectivity index (χ4n) is 1.54. The molecule has 0 fully saturated rings. The second kappa shape index (κ2) is 8.70. The van der Waals surface area contributed by atoms with Crippen LogP contribution in [-0.4, -0.2) is 20.3 Å². The van der Waals surface area contributed by atoms with Crippen molar-refractivity contribution >= 4 is 45.1 Å². The Kier molecular flexibility index (Phi) is 6.97. The Morgan fingerprint density at radius 1 is 0.833 bits per heavy atom. The van der Waals surface area contributed by atoms with Gasteiger partial charge in [-0.15, -0.1) is 0 Å². The van der Waals surface area contributed by atoms with Crippen molar-refractivity contribution in [2.75, 3.05) is 0 Å². The van der Waals surface area contributed by atoms with Gasteiger partial charge in [0.15, 0.2) is 0 Å². The summed E-state index contributed by atoms with van der Waals surface area (Å²) in [4.78, 5) is 40.5. The zero-order valence-electron chi connectivity index (χ0n) is 11.7. The standard InChI is InChI=1S/2C7H4ClNO3/c8-7(10)5-2-1-3-6(4-5)9(11)12;8-7(10)5-3-1-2-4-6(5)9(11)12/h2*1-4H. The highest BCUT2D eigenvalue weighted by Crippen LogP contribution is 2.19. The summed E-state index contributed by atoms with van der Waals surface area (Å²) >= 11 is 10.2. The molecule has 0 unspecified atom stereocenters. The maximum atomic E-state index is 10.6. The van der Waals surface area contributed by atoms with Crippen LogP contribution in [-0.2, 0) is 0 Å². The van der Waals surface area contributed by atoms with Gasteiger partial charge in [0.2, 0.25) is 0 Å². The molecule has 0 heterocycles. The number of hydrogen-bond acceptors (Lipinski definition) is 6. The fraction of sp³-hybridized carbons (Fsp3) is 0. The van der Waals surface area contributed by atoms with Crippen molar-refractivity contribution < 1.29 is 19.4 Å². The minimum absolute atomic E-state index is 0.0795. The lowest BCUT2D eigenvalue weighted by molar-refractivity contribution is -0.385. The van der Waals surface area contributed by atoms with Crippen LogP contribution in [0.1, 0.15) is 20.7 Å². The van der Waals surface area contributed by atoms with Crippen molar-refractivity contribution in [1.82, 2.24) is 0 Å². The van der Waals surface area contributed by atoms with Crippen LogP contribution in [0, 0.1) is 20.2 Å². The van der Waals surface area contributed by atoms with E-state index in [0.717, 1.165) is 6.07 Å². The minimum atomic E-state index is -0.817. The molecular formula is C14H8Cl2N2O6. The van der Waals surface area contributed by atoms with Crippen LogP contribution >= 0.6 is 23.2 Å². The molecule has 0 saturated carbocycles. The third-order valence-corrected chi connectivity index (χ3v) is 3.02. The molecule has 0 radical (unpaired) electrons. The third-order valence-electron chi connectivity index (χ3n) is 2.60.